The number of aromatic nitrogens is 1. The Hall–Kier alpha value is -2.14. The van der Waals surface area contributed by atoms with E-state index in [1.54, 1.807) is 18.2 Å². The summed E-state index contributed by atoms with van der Waals surface area (Å²) in [6, 6.07) is 7.73. The second kappa shape index (κ2) is 6.34. The highest BCUT2D eigenvalue weighted by molar-refractivity contribution is 7.89. The topological polar surface area (TPSA) is 92.4 Å². The number of sulfonamides is 1. The van der Waals surface area contributed by atoms with Crippen LogP contribution < -0.4 is 4.72 Å². The van der Waals surface area contributed by atoms with Crippen LogP contribution in [0.25, 0.3) is 0 Å². The fraction of sp³-hybridized carbons (Fsp3) is 0.154. The zero-order valence-electron chi connectivity index (χ0n) is 10.4. The second-order valence-corrected chi connectivity index (χ2v) is 5.56. The molecule has 0 aliphatic rings. The predicted molar refractivity (Wildman–Crippen MR) is 70.9 cm³/mol. The van der Waals surface area contributed by atoms with Crippen LogP contribution in [0.4, 0.5) is 0 Å². The van der Waals surface area contributed by atoms with Crippen molar-refractivity contribution >= 4 is 10.0 Å². The van der Waals surface area contributed by atoms with Crippen molar-refractivity contribution in [1.29, 1.82) is 0 Å². The molecule has 6 nitrogen and oxygen atoms in total. The average Bonchev–Trinajstić information content (AvgIpc) is 2.97. The van der Waals surface area contributed by atoms with E-state index in [2.05, 4.69) is 21.7 Å². The van der Waals surface area contributed by atoms with E-state index < -0.39 is 10.0 Å². The van der Waals surface area contributed by atoms with Crippen molar-refractivity contribution < 1.29 is 18.0 Å². The van der Waals surface area contributed by atoms with E-state index in [0.29, 0.717) is 11.3 Å². The SMILES string of the molecule is O=S(=O)(NCc1ccno1)c1cccc(C#CCO)c1. The van der Waals surface area contributed by atoms with Gasteiger partial charge in [-0.3, -0.25) is 0 Å². The van der Waals surface area contributed by atoms with Gasteiger partial charge in [-0.1, -0.05) is 23.1 Å². The molecule has 2 N–H and O–H groups in total. The van der Waals surface area contributed by atoms with Gasteiger partial charge in [0.15, 0.2) is 5.76 Å². The maximum Gasteiger partial charge on any atom is 0.241 e. The molecule has 0 bridgehead atoms. The number of nitrogens with zero attached hydrogens (tertiary/aromatic N) is 1. The fourth-order valence-electron chi connectivity index (χ4n) is 1.47. The molecule has 20 heavy (non-hydrogen) atoms. The second-order valence-electron chi connectivity index (χ2n) is 3.79. The minimum Gasteiger partial charge on any atom is -0.384 e. The summed E-state index contributed by atoms with van der Waals surface area (Å²) in [4.78, 5) is 0.0988. The summed E-state index contributed by atoms with van der Waals surface area (Å²) in [6.07, 6.45) is 1.44. The molecule has 2 aromatic rings. The Morgan fingerprint density at radius 1 is 1.35 bits per heavy atom. The molecule has 0 atom stereocenters. The summed E-state index contributed by atoms with van der Waals surface area (Å²) in [5.74, 6) is 5.54. The first-order valence-corrected chi connectivity index (χ1v) is 7.19. The number of rotatable bonds is 4. The van der Waals surface area contributed by atoms with Crippen molar-refractivity contribution in [2.75, 3.05) is 6.61 Å². The molecule has 2 rings (SSSR count). The predicted octanol–water partition coefficient (Wildman–Crippen LogP) is 0.497. The van der Waals surface area contributed by atoms with E-state index in [1.807, 2.05) is 0 Å². The Morgan fingerprint density at radius 2 is 2.20 bits per heavy atom. The fourth-order valence-corrected chi connectivity index (χ4v) is 2.50. The van der Waals surface area contributed by atoms with Crippen molar-refractivity contribution in [1.82, 2.24) is 9.88 Å². The molecule has 1 aromatic heterocycles. The molecule has 0 aliphatic heterocycles. The van der Waals surface area contributed by atoms with Crippen LogP contribution in [0.1, 0.15) is 11.3 Å². The van der Waals surface area contributed by atoms with E-state index in [0.717, 1.165) is 0 Å². The molecule has 0 spiro atoms. The standard InChI is InChI=1S/C13H12N2O4S/c16-8-2-4-11-3-1-5-13(9-11)20(17,18)15-10-12-6-7-14-19-12/h1,3,5-7,9,15-16H,8,10H2. The number of benzene rings is 1. The largest absolute Gasteiger partial charge is 0.384 e. The molecule has 0 unspecified atom stereocenters. The number of aliphatic hydroxyl groups excluding tert-OH is 1. The lowest BCUT2D eigenvalue weighted by Gasteiger charge is -2.05. The van der Waals surface area contributed by atoms with Crippen LogP contribution in [0, 0.1) is 11.8 Å². The maximum absolute atomic E-state index is 12.1. The third-order valence-corrected chi connectivity index (χ3v) is 3.78. The number of aliphatic hydroxyl groups is 1. The molecule has 0 radical (unpaired) electrons. The minimum absolute atomic E-state index is 0.0227. The van der Waals surface area contributed by atoms with E-state index in [-0.39, 0.29) is 18.0 Å². The van der Waals surface area contributed by atoms with Crippen LogP contribution in [0.5, 0.6) is 0 Å². The van der Waals surface area contributed by atoms with Crippen molar-refractivity contribution in [2.45, 2.75) is 11.4 Å². The van der Waals surface area contributed by atoms with Gasteiger partial charge in [0.25, 0.3) is 0 Å². The van der Waals surface area contributed by atoms with Crippen LogP contribution in [-0.4, -0.2) is 25.3 Å². The maximum atomic E-state index is 12.1. The Labute approximate surface area is 116 Å². The summed E-state index contributed by atoms with van der Waals surface area (Å²) in [7, 11) is -3.65. The smallest absolute Gasteiger partial charge is 0.241 e. The van der Waals surface area contributed by atoms with Crippen molar-refractivity contribution in [3.8, 4) is 11.8 Å². The van der Waals surface area contributed by atoms with Crippen LogP contribution in [0.15, 0.2) is 45.9 Å². The van der Waals surface area contributed by atoms with E-state index in [9.17, 15) is 8.42 Å². The molecule has 0 fully saturated rings. The molecule has 1 aromatic carbocycles. The van der Waals surface area contributed by atoms with Crippen LogP contribution >= 0.6 is 0 Å². The molecule has 0 saturated carbocycles. The molecular formula is C13H12N2O4S. The highest BCUT2D eigenvalue weighted by atomic mass is 32.2. The van der Waals surface area contributed by atoms with Gasteiger partial charge in [0.05, 0.1) is 17.6 Å². The minimum atomic E-state index is -3.65. The monoisotopic (exact) mass is 292 g/mol. The molecular weight excluding hydrogens is 280 g/mol. The average molecular weight is 292 g/mol. The van der Waals surface area contributed by atoms with Gasteiger partial charge < -0.3 is 9.63 Å². The summed E-state index contributed by atoms with van der Waals surface area (Å²) in [6.45, 7) is -0.254. The quantitative estimate of drug-likeness (QED) is 0.800. The van der Waals surface area contributed by atoms with Crippen LogP contribution in [0.2, 0.25) is 0 Å². The molecule has 0 amide bonds. The van der Waals surface area contributed by atoms with Crippen molar-refractivity contribution in [3.05, 3.63) is 47.9 Å². The normalized spacial score (nSPS) is 10.8. The van der Waals surface area contributed by atoms with E-state index in [4.69, 9.17) is 9.63 Å². The highest BCUT2D eigenvalue weighted by Crippen LogP contribution is 2.11. The van der Waals surface area contributed by atoms with E-state index in [1.165, 1.54) is 18.3 Å². The Morgan fingerprint density at radius 3 is 2.90 bits per heavy atom. The zero-order valence-corrected chi connectivity index (χ0v) is 11.2. The number of hydrogen-bond acceptors (Lipinski definition) is 5. The molecule has 1 heterocycles. The first-order valence-electron chi connectivity index (χ1n) is 5.71. The van der Waals surface area contributed by atoms with Gasteiger partial charge in [0, 0.05) is 11.6 Å². The lowest BCUT2D eigenvalue weighted by Crippen LogP contribution is -2.23. The Bertz CT molecular complexity index is 727. The van der Waals surface area contributed by atoms with E-state index >= 15 is 0 Å². The van der Waals surface area contributed by atoms with Gasteiger partial charge in [-0.05, 0) is 18.2 Å². The third kappa shape index (κ3) is 3.68. The van der Waals surface area contributed by atoms with Crippen molar-refractivity contribution in [2.24, 2.45) is 0 Å². The lowest BCUT2D eigenvalue weighted by molar-refractivity contribution is 0.350. The Kier molecular flexibility index (Phi) is 4.53. The van der Waals surface area contributed by atoms with Gasteiger partial charge in [-0.2, -0.15) is 0 Å². The summed E-state index contributed by atoms with van der Waals surface area (Å²) in [5.41, 5.74) is 0.515. The molecule has 7 heteroatoms. The zero-order chi connectivity index (χ0) is 14.4. The first-order chi connectivity index (χ1) is 9.62. The van der Waals surface area contributed by atoms with Gasteiger partial charge in [0.1, 0.15) is 6.61 Å². The summed E-state index contributed by atoms with van der Waals surface area (Å²) < 4.78 is 31.4. The van der Waals surface area contributed by atoms with Gasteiger partial charge >= 0.3 is 0 Å². The third-order valence-electron chi connectivity index (χ3n) is 2.38. The number of nitrogens with one attached hydrogen (secondary N) is 1. The number of hydrogen-bond donors (Lipinski definition) is 2. The lowest BCUT2D eigenvalue weighted by atomic mass is 10.2. The Balaban J connectivity index is 2.16. The highest BCUT2D eigenvalue weighted by Gasteiger charge is 2.14. The van der Waals surface area contributed by atoms with Gasteiger partial charge in [-0.25, -0.2) is 13.1 Å². The molecule has 0 saturated heterocycles. The van der Waals surface area contributed by atoms with Crippen molar-refractivity contribution in [3.63, 3.8) is 0 Å². The van der Waals surface area contributed by atoms with Crippen LogP contribution in [0.3, 0.4) is 0 Å². The molecule has 104 valence electrons. The summed E-state index contributed by atoms with van der Waals surface area (Å²) >= 11 is 0. The van der Waals surface area contributed by atoms with Gasteiger partial charge in [0.2, 0.25) is 10.0 Å². The summed E-state index contributed by atoms with van der Waals surface area (Å²) in [5, 5.41) is 12.1. The van der Waals surface area contributed by atoms with Gasteiger partial charge in [-0.15, -0.1) is 0 Å². The first kappa shape index (κ1) is 14.3. The van der Waals surface area contributed by atoms with Crippen LogP contribution in [-0.2, 0) is 16.6 Å². The molecule has 0 aliphatic carbocycles.